The van der Waals surface area contributed by atoms with Gasteiger partial charge in [-0.1, -0.05) is 54.1 Å². The molecule has 2 N–H and O–H groups in total. The second-order valence-electron chi connectivity index (χ2n) is 7.15. The SMILES string of the molecule is CC(=O)N[C@@H](CC(=O)NCc1ccccc1Cn1ccnc1)c1ccc(C)cc1. The average molecular weight is 390 g/mol. The van der Waals surface area contributed by atoms with E-state index in [0.29, 0.717) is 13.1 Å². The van der Waals surface area contributed by atoms with Crippen LogP contribution in [0.3, 0.4) is 0 Å². The van der Waals surface area contributed by atoms with E-state index in [0.717, 1.165) is 22.3 Å². The summed E-state index contributed by atoms with van der Waals surface area (Å²) >= 11 is 0. The van der Waals surface area contributed by atoms with Gasteiger partial charge >= 0.3 is 0 Å². The molecular formula is C23H26N4O2. The largest absolute Gasteiger partial charge is 0.352 e. The molecule has 6 heteroatoms. The first kappa shape index (κ1) is 20.3. The highest BCUT2D eigenvalue weighted by molar-refractivity contribution is 5.79. The Balaban J connectivity index is 1.63. The van der Waals surface area contributed by atoms with Gasteiger partial charge in [-0.05, 0) is 23.6 Å². The maximum atomic E-state index is 12.6. The number of amides is 2. The molecule has 6 nitrogen and oxygen atoms in total. The second kappa shape index (κ2) is 9.68. The minimum Gasteiger partial charge on any atom is -0.352 e. The summed E-state index contributed by atoms with van der Waals surface area (Å²) in [5.74, 6) is -0.268. The van der Waals surface area contributed by atoms with Crippen LogP contribution in [0.2, 0.25) is 0 Å². The zero-order valence-electron chi connectivity index (χ0n) is 16.8. The van der Waals surface area contributed by atoms with Gasteiger partial charge in [0.1, 0.15) is 0 Å². The molecule has 0 saturated heterocycles. The van der Waals surface area contributed by atoms with E-state index in [1.54, 1.807) is 12.5 Å². The normalized spacial score (nSPS) is 11.7. The molecule has 150 valence electrons. The van der Waals surface area contributed by atoms with Crippen LogP contribution >= 0.6 is 0 Å². The molecule has 0 radical (unpaired) electrons. The van der Waals surface area contributed by atoms with E-state index in [4.69, 9.17) is 0 Å². The number of rotatable bonds is 8. The number of imidazole rings is 1. The lowest BCUT2D eigenvalue weighted by molar-refractivity contribution is -0.122. The Morgan fingerprint density at radius 3 is 2.45 bits per heavy atom. The van der Waals surface area contributed by atoms with E-state index in [9.17, 15) is 9.59 Å². The maximum Gasteiger partial charge on any atom is 0.222 e. The smallest absolute Gasteiger partial charge is 0.222 e. The van der Waals surface area contributed by atoms with Crippen molar-refractivity contribution in [3.8, 4) is 0 Å². The molecule has 1 heterocycles. The van der Waals surface area contributed by atoms with Crippen molar-refractivity contribution in [3.63, 3.8) is 0 Å². The van der Waals surface area contributed by atoms with Crippen molar-refractivity contribution >= 4 is 11.8 Å². The Morgan fingerprint density at radius 2 is 1.79 bits per heavy atom. The van der Waals surface area contributed by atoms with Crippen molar-refractivity contribution in [1.82, 2.24) is 20.2 Å². The Bertz CT molecular complexity index is 949. The van der Waals surface area contributed by atoms with Gasteiger partial charge in [0.25, 0.3) is 0 Å². The highest BCUT2D eigenvalue weighted by atomic mass is 16.2. The summed E-state index contributed by atoms with van der Waals surface area (Å²) < 4.78 is 1.99. The number of aryl methyl sites for hydroxylation is 1. The van der Waals surface area contributed by atoms with Crippen LogP contribution in [-0.2, 0) is 22.7 Å². The molecule has 3 aromatic rings. The standard InChI is InChI=1S/C23H26N4O2/c1-17-7-9-19(10-8-17)22(26-18(2)28)13-23(29)25-14-20-5-3-4-6-21(20)15-27-12-11-24-16-27/h3-12,16,22H,13-15H2,1-2H3,(H,25,29)(H,26,28)/t22-/m0/s1. The molecule has 2 aromatic carbocycles. The molecule has 0 fully saturated rings. The zero-order chi connectivity index (χ0) is 20.6. The minimum absolute atomic E-state index is 0.109. The van der Waals surface area contributed by atoms with Crippen LogP contribution in [0.15, 0.2) is 67.3 Å². The first-order valence-electron chi connectivity index (χ1n) is 9.64. The lowest BCUT2D eigenvalue weighted by Gasteiger charge is -2.19. The van der Waals surface area contributed by atoms with Gasteiger partial charge in [-0.25, -0.2) is 4.98 Å². The third-order valence-corrected chi connectivity index (χ3v) is 4.75. The van der Waals surface area contributed by atoms with Crippen LogP contribution in [0.1, 0.15) is 41.6 Å². The van der Waals surface area contributed by atoms with Crippen LogP contribution in [-0.4, -0.2) is 21.4 Å². The number of hydrogen-bond acceptors (Lipinski definition) is 3. The van der Waals surface area contributed by atoms with Crippen molar-refractivity contribution in [2.24, 2.45) is 0 Å². The third kappa shape index (κ3) is 6.04. The molecule has 1 atom stereocenters. The Kier molecular flexibility index (Phi) is 6.79. The van der Waals surface area contributed by atoms with Gasteiger partial charge in [0.2, 0.25) is 11.8 Å². The number of nitrogens with one attached hydrogen (secondary N) is 2. The van der Waals surface area contributed by atoms with Crippen LogP contribution in [0.25, 0.3) is 0 Å². The Labute approximate surface area is 171 Å². The predicted octanol–water partition coefficient (Wildman–Crippen LogP) is 3.12. The van der Waals surface area contributed by atoms with Crippen LogP contribution in [0, 0.1) is 6.92 Å². The Hall–Kier alpha value is -3.41. The van der Waals surface area contributed by atoms with E-state index in [2.05, 4.69) is 15.6 Å². The summed E-state index contributed by atoms with van der Waals surface area (Å²) in [7, 11) is 0. The molecule has 0 aliphatic heterocycles. The quantitative estimate of drug-likeness (QED) is 0.620. The van der Waals surface area contributed by atoms with Gasteiger partial charge in [-0.2, -0.15) is 0 Å². The predicted molar refractivity (Wildman–Crippen MR) is 112 cm³/mol. The number of carbonyl (C=O) groups excluding carboxylic acids is 2. The molecule has 3 rings (SSSR count). The lowest BCUT2D eigenvalue weighted by Crippen LogP contribution is -2.32. The van der Waals surface area contributed by atoms with Gasteiger partial charge in [0.15, 0.2) is 0 Å². The van der Waals surface area contributed by atoms with Crippen LogP contribution in [0.4, 0.5) is 0 Å². The van der Waals surface area contributed by atoms with Crippen molar-refractivity contribution < 1.29 is 9.59 Å². The molecule has 0 spiro atoms. The molecule has 0 aliphatic carbocycles. The molecule has 1 aromatic heterocycles. The van der Waals surface area contributed by atoms with Gasteiger partial charge < -0.3 is 15.2 Å². The first-order valence-corrected chi connectivity index (χ1v) is 9.64. The fourth-order valence-corrected chi connectivity index (χ4v) is 3.21. The molecule has 0 unspecified atom stereocenters. The molecular weight excluding hydrogens is 364 g/mol. The van der Waals surface area contributed by atoms with Gasteiger partial charge in [0.05, 0.1) is 18.8 Å². The van der Waals surface area contributed by atoms with E-state index in [-0.39, 0.29) is 24.3 Å². The lowest BCUT2D eigenvalue weighted by atomic mass is 10.0. The van der Waals surface area contributed by atoms with E-state index in [1.165, 1.54) is 6.92 Å². The summed E-state index contributed by atoms with van der Waals surface area (Å²) in [5.41, 5.74) is 4.24. The number of aromatic nitrogens is 2. The summed E-state index contributed by atoms with van der Waals surface area (Å²) in [4.78, 5) is 28.3. The average Bonchev–Trinajstić information content (AvgIpc) is 3.20. The second-order valence-corrected chi connectivity index (χ2v) is 7.15. The minimum atomic E-state index is -0.353. The van der Waals surface area contributed by atoms with Gasteiger partial charge in [-0.15, -0.1) is 0 Å². The third-order valence-electron chi connectivity index (χ3n) is 4.75. The number of carbonyl (C=O) groups is 2. The summed E-state index contributed by atoms with van der Waals surface area (Å²) in [5, 5.41) is 5.86. The van der Waals surface area contributed by atoms with E-state index in [1.807, 2.05) is 66.2 Å². The first-order chi connectivity index (χ1) is 14.0. The molecule has 0 aliphatic rings. The Morgan fingerprint density at radius 1 is 1.07 bits per heavy atom. The number of nitrogens with zero attached hydrogens (tertiary/aromatic N) is 2. The molecule has 0 saturated carbocycles. The van der Waals surface area contributed by atoms with Crippen molar-refractivity contribution in [3.05, 3.63) is 89.5 Å². The van der Waals surface area contributed by atoms with Crippen molar-refractivity contribution in [2.45, 2.75) is 39.4 Å². The van der Waals surface area contributed by atoms with Gasteiger partial charge in [-0.3, -0.25) is 9.59 Å². The highest BCUT2D eigenvalue weighted by Crippen LogP contribution is 2.18. The monoisotopic (exact) mass is 390 g/mol. The van der Waals surface area contributed by atoms with E-state index >= 15 is 0 Å². The fourth-order valence-electron chi connectivity index (χ4n) is 3.21. The number of hydrogen-bond donors (Lipinski definition) is 2. The molecule has 0 bridgehead atoms. The van der Waals surface area contributed by atoms with Gasteiger partial charge in [0, 0.05) is 32.4 Å². The highest BCUT2D eigenvalue weighted by Gasteiger charge is 2.17. The summed E-state index contributed by atoms with van der Waals surface area (Å²) in [6.07, 6.45) is 5.62. The van der Waals surface area contributed by atoms with Crippen LogP contribution < -0.4 is 10.6 Å². The van der Waals surface area contributed by atoms with Crippen molar-refractivity contribution in [2.75, 3.05) is 0 Å². The van der Waals surface area contributed by atoms with Crippen molar-refractivity contribution in [1.29, 1.82) is 0 Å². The maximum absolute atomic E-state index is 12.6. The topological polar surface area (TPSA) is 76.0 Å². The van der Waals surface area contributed by atoms with E-state index < -0.39 is 0 Å². The summed E-state index contributed by atoms with van der Waals surface area (Å²) in [6, 6.07) is 15.5. The summed E-state index contributed by atoms with van der Waals surface area (Å²) in [6.45, 7) is 4.60. The number of benzene rings is 2. The molecule has 29 heavy (non-hydrogen) atoms. The van der Waals surface area contributed by atoms with Crippen LogP contribution in [0.5, 0.6) is 0 Å². The molecule has 2 amide bonds. The fraction of sp³-hybridized carbons (Fsp3) is 0.261. The zero-order valence-corrected chi connectivity index (χ0v) is 16.8.